The fourth-order valence-electron chi connectivity index (χ4n) is 2.83. The first-order valence-corrected chi connectivity index (χ1v) is 8.78. The Morgan fingerprint density at radius 1 is 1.12 bits per heavy atom. The second-order valence-corrected chi connectivity index (χ2v) is 6.32. The minimum absolute atomic E-state index is 0.688. The highest BCUT2D eigenvalue weighted by molar-refractivity contribution is 5.85. The lowest BCUT2D eigenvalue weighted by atomic mass is 10.1. The number of aromatic nitrogens is 2. The molecule has 6 heteroatoms. The topological polar surface area (TPSA) is 57.5 Å². The van der Waals surface area contributed by atoms with Gasteiger partial charge in [0.1, 0.15) is 5.82 Å². The smallest absolute Gasteiger partial charge is 0.191 e. The lowest BCUT2D eigenvalue weighted by Crippen LogP contribution is -2.38. The first-order valence-electron chi connectivity index (χ1n) is 8.78. The van der Waals surface area contributed by atoms with Crippen molar-refractivity contribution in [3.63, 3.8) is 0 Å². The van der Waals surface area contributed by atoms with E-state index in [0.717, 1.165) is 35.8 Å². The van der Waals surface area contributed by atoms with E-state index in [-0.39, 0.29) is 0 Å². The molecule has 2 N–H and O–H groups in total. The van der Waals surface area contributed by atoms with Gasteiger partial charge in [0.25, 0.3) is 0 Å². The third-order valence-corrected chi connectivity index (χ3v) is 4.25. The summed E-state index contributed by atoms with van der Waals surface area (Å²) in [7, 11) is 5.81. The third-order valence-electron chi connectivity index (χ3n) is 4.25. The monoisotopic (exact) mass is 350 g/mol. The molecule has 0 radical (unpaired) electrons. The first kappa shape index (κ1) is 17.8. The zero-order valence-corrected chi connectivity index (χ0v) is 15.6. The van der Waals surface area contributed by atoms with Crippen LogP contribution in [0, 0.1) is 0 Å². The lowest BCUT2D eigenvalue weighted by Gasteiger charge is -2.17. The summed E-state index contributed by atoms with van der Waals surface area (Å²) in [5.74, 6) is 1.75. The standard InChI is InChI=1S/C20H26N6/c1-21-20(22-10-13-26-11-6-7-12-26)23-15-16-14-19(25(2)3)24-18-9-5-4-8-17(16)18/h4-9,11-12,14H,10,13,15H2,1-3H3,(H2,21,22,23). The second-order valence-electron chi connectivity index (χ2n) is 6.32. The van der Waals surface area contributed by atoms with Crippen LogP contribution in [-0.4, -0.2) is 43.2 Å². The van der Waals surface area contributed by atoms with Gasteiger partial charge in [0.15, 0.2) is 5.96 Å². The molecule has 0 atom stereocenters. The van der Waals surface area contributed by atoms with Crippen molar-refractivity contribution in [1.82, 2.24) is 20.2 Å². The molecule has 2 heterocycles. The number of rotatable bonds is 6. The van der Waals surface area contributed by atoms with Crippen molar-refractivity contribution < 1.29 is 0 Å². The van der Waals surface area contributed by atoms with E-state index in [2.05, 4.69) is 50.8 Å². The molecule has 0 spiro atoms. The van der Waals surface area contributed by atoms with Crippen LogP contribution < -0.4 is 15.5 Å². The first-order chi connectivity index (χ1) is 12.7. The molecular weight excluding hydrogens is 324 g/mol. The molecule has 0 saturated carbocycles. The average molecular weight is 350 g/mol. The molecule has 0 saturated heterocycles. The third kappa shape index (κ3) is 4.33. The van der Waals surface area contributed by atoms with Gasteiger partial charge in [-0.2, -0.15) is 0 Å². The van der Waals surface area contributed by atoms with Gasteiger partial charge in [-0.15, -0.1) is 0 Å². The van der Waals surface area contributed by atoms with Crippen LogP contribution >= 0.6 is 0 Å². The van der Waals surface area contributed by atoms with E-state index < -0.39 is 0 Å². The van der Waals surface area contributed by atoms with E-state index in [9.17, 15) is 0 Å². The predicted octanol–water partition coefficient (Wildman–Crippen LogP) is 2.47. The minimum atomic E-state index is 0.688. The molecule has 0 unspecified atom stereocenters. The molecule has 3 aromatic rings. The Morgan fingerprint density at radius 2 is 1.88 bits per heavy atom. The Kier molecular flexibility index (Phi) is 5.73. The van der Waals surface area contributed by atoms with Crippen LogP contribution in [-0.2, 0) is 13.1 Å². The normalized spacial score (nSPS) is 11.6. The zero-order chi connectivity index (χ0) is 18.4. The summed E-state index contributed by atoms with van der Waals surface area (Å²) >= 11 is 0. The van der Waals surface area contributed by atoms with Crippen molar-refractivity contribution in [3.8, 4) is 0 Å². The lowest BCUT2D eigenvalue weighted by molar-refractivity contribution is 0.665. The second kappa shape index (κ2) is 8.38. The molecule has 6 nitrogen and oxygen atoms in total. The highest BCUT2D eigenvalue weighted by atomic mass is 15.2. The van der Waals surface area contributed by atoms with E-state index in [4.69, 9.17) is 4.98 Å². The Bertz CT molecular complexity index is 867. The predicted molar refractivity (Wildman–Crippen MR) is 109 cm³/mol. The van der Waals surface area contributed by atoms with Gasteiger partial charge in [-0.3, -0.25) is 4.99 Å². The number of nitrogens with one attached hydrogen (secondary N) is 2. The Morgan fingerprint density at radius 3 is 2.62 bits per heavy atom. The van der Waals surface area contributed by atoms with Gasteiger partial charge in [-0.25, -0.2) is 4.98 Å². The highest BCUT2D eigenvalue weighted by Gasteiger charge is 2.08. The molecule has 0 fully saturated rings. The maximum atomic E-state index is 4.71. The molecule has 26 heavy (non-hydrogen) atoms. The van der Waals surface area contributed by atoms with Crippen molar-refractivity contribution in [2.45, 2.75) is 13.1 Å². The largest absolute Gasteiger partial charge is 0.363 e. The summed E-state index contributed by atoms with van der Waals surface area (Å²) in [5, 5.41) is 7.92. The van der Waals surface area contributed by atoms with Crippen molar-refractivity contribution in [1.29, 1.82) is 0 Å². The van der Waals surface area contributed by atoms with Crippen LogP contribution in [0.15, 0.2) is 59.9 Å². The van der Waals surface area contributed by atoms with E-state index in [1.165, 1.54) is 5.56 Å². The fourth-order valence-corrected chi connectivity index (χ4v) is 2.83. The molecule has 0 amide bonds. The molecule has 0 aliphatic carbocycles. The number of aliphatic imine (C=N–C) groups is 1. The number of para-hydroxylation sites is 1. The van der Waals surface area contributed by atoms with Gasteiger partial charge >= 0.3 is 0 Å². The molecule has 0 aliphatic heterocycles. The summed E-state index contributed by atoms with van der Waals surface area (Å²) in [6, 6.07) is 14.4. The van der Waals surface area contributed by atoms with Gasteiger partial charge in [0, 0.05) is 58.6 Å². The SMILES string of the molecule is CN=C(NCCn1cccc1)NCc1cc(N(C)C)nc2ccccc12. The molecule has 0 aliphatic rings. The quantitative estimate of drug-likeness (QED) is 0.530. The Labute approximate surface area is 154 Å². The summed E-state index contributed by atoms with van der Waals surface area (Å²) in [6.45, 7) is 2.40. The Balaban J connectivity index is 1.67. The molecule has 1 aromatic carbocycles. The number of hydrogen-bond donors (Lipinski definition) is 2. The zero-order valence-electron chi connectivity index (χ0n) is 15.6. The summed E-state index contributed by atoms with van der Waals surface area (Å²) in [4.78, 5) is 11.1. The number of benzene rings is 1. The maximum absolute atomic E-state index is 4.71. The van der Waals surface area contributed by atoms with Crippen molar-refractivity contribution >= 4 is 22.7 Å². The van der Waals surface area contributed by atoms with E-state index in [0.29, 0.717) is 6.54 Å². The molecule has 2 aromatic heterocycles. The van der Waals surface area contributed by atoms with Crippen LogP contribution in [0.5, 0.6) is 0 Å². The minimum Gasteiger partial charge on any atom is -0.363 e. The average Bonchev–Trinajstić information content (AvgIpc) is 3.17. The van der Waals surface area contributed by atoms with Gasteiger partial charge in [0.2, 0.25) is 0 Å². The van der Waals surface area contributed by atoms with Crippen LogP contribution in [0.1, 0.15) is 5.56 Å². The number of anilines is 1. The van der Waals surface area contributed by atoms with Crippen LogP contribution in [0.2, 0.25) is 0 Å². The van der Waals surface area contributed by atoms with Crippen molar-refractivity contribution in [2.75, 3.05) is 32.6 Å². The van der Waals surface area contributed by atoms with Crippen LogP contribution in [0.4, 0.5) is 5.82 Å². The number of fused-ring (bicyclic) bond motifs is 1. The van der Waals surface area contributed by atoms with Crippen LogP contribution in [0.3, 0.4) is 0 Å². The fraction of sp³-hybridized carbons (Fsp3) is 0.300. The van der Waals surface area contributed by atoms with Crippen molar-refractivity contribution in [3.05, 3.63) is 60.4 Å². The molecular formula is C20H26N6. The summed E-state index contributed by atoms with van der Waals surface area (Å²) in [5.41, 5.74) is 2.21. The van der Waals surface area contributed by atoms with E-state index >= 15 is 0 Å². The summed E-state index contributed by atoms with van der Waals surface area (Å²) < 4.78 is 2.14. The Hall–Kier alpha value is -3.02. The van der Waals surface area contributed by atoms with Gasteiger partial charge in [-0.05, 0) is 29.8 Å². The highest BCUT2D eigenvalue weighted by Crippen LogP contribution is 2.21. The summed E-state index contributed by atoms with van der Waals surface area (Å²) in [6.07, 6.45) is 4.12. The van der Waals surface area contributed by atoms with E-state index in [1.807, 2.05) is 43.3 Å². The molecule has 136 valence electrons. The van der Waals surface area contributed by atoms with E-state index in [1.54, 1.807) is 7.05 Å². The molecule has 3 rings (SSSR count). The number of hydrogen-bond acceptors (Lipinski definition) is 3. The van der Waals surface area contributed by atoms with Crippen molar-refractivity contribution in [2.24, 2.45) is 4.99 Å². The number of guanidine groups is 1. The number of nitrogens with zero attached hydrogens (tertiary/aromatic N) is 4. The molecule has 0 bridgehead atoms. The van der Waals surface area contributed by atoms with Gasteiger partial charge in [-0.1, -0.05) is 18.2 Å². The maximum Gasteiger partial charge on any atom is 0.191 e. The van der Waals surface area contributed by atoms with Gasteiger partial charge < -0.3 is 20.1 Å². The van der Waals surface area contributed by atoms with Gasteiger partial charge in [0.05, 0.1) is 5.52 Å². The number of pyridine rings is 1. The van der Waals surface area contributed by atoms with Crippen LogP contribution in [0.25, 0.3) is 10.9 Å².